The van der Waals surface area contributed by atoms with Crippen molar-refractivity contribution >= 4 is 0 Å². The van der Waals surface area contributed by atoms with Crippen LogP contribution in [0.1, 0.15) is 60.3 Å². The third kappa shape index (κ3) is 9.76. The molecule has 0 saturated heterocycles. The lowest BCUT2D eigenvalue weighted by molar-refractivity contribution is 0.555. The first-order chi connectivity index (χ1) is 7.56. The van der Waals surface area contributed by atoms with Crippen LogP contribution in [0.2, 0.25) is 0 Å². The number of hydrogen-bond acceptors (Lipinski definition) is 0. The van der Waals surface area contributed by atoms with Crippen LogP contribution in [0.4, 0.5) is 0 Å². The van der Waals surface area contributed by atoms with E-state index >= 15 is 0 Å². The maximum atomic E-state index is 2.29. The molecule has 0 heteroatoms. The van der Waals surface area contributed by atoms with Crippen molar-refractivity contribution in [1.82, 2.24) is 0 Å². The topological polar surface area (TPSA) is 0 Å². The summed E-state index contributed by atoms with van der Waals surface area (Å²) >= 11 is 0. The summed E-state index contributed by atoms with van der Waals surface area (Å²) in [7, 11) is 0. The largest absolute Gasteiger partial charge is 0.0819 e. The quantitative estimate of drug-likeness (QED) is 0.485. The summed E-state index contributed by atoms with van der Waals surface area (Å²) in [6, 6.07) is 0. The van der Waals surface area contributed by atoms with Gasteiger partial charge in [-0.3, -0.25) is 0 Å². The second-order valence-corrected chi connectivity index (χ2v) is 5.01. The zero-order valence-corrected chi connectivity index (χ0v) is 11.7. The van der Waals surface area contributed by atoms with Gasteiger partial charge < -0.3 is 0 Å². The molecule has 16 heavy (non-hydrogen) atoms. The molecule has 0 aromatic carbocycles. The normalized spacial score (nSPS) is 14.1. The van der Waals surface area contributed by atoms with E-state index < -0.39 is 0 Å². The van der Waals surface area contributed by atoms with Crippen LogP contribution >= 0.6 is 0 Å². The van der Waals surface area contributed by atoms with Gasteiger partial charge in [0.25, 0.3) is 0 Å². The summed E-state index contributed by atoms with van der Waals surface area (Å²) in [6.45, 7) is 11.1. The molecule has 0 unspecified atom stereocenters. The Morgan fingerprint density at radius 3 is 2.44 bits per heavy atom. The van der Waals surface area contributed by atoms with E-state index in [1.165, 1.54) is 30.4 Å². The van der Waals surface area contributed by atoms with Gasteiger partial charge in [-0.25, -0.2) is 0 Å². The van der Waals surface area contributed by atoms with Gasteiger partial charge in [0.05, 0.1) is 0 Å². The average molecular weight is 220 g/mol. The minimum absolute atomic E-state index is 0.832. The zero-order valence-electron chi connectivity index (χ0n) is 11.7. The van der Waals surface area contributed by atoms with Gasteiger partial charge in [0.15, 0.2) is 0 Å². The van der Waals surface area contributed by atoms with Crippen molar-refractivity contribution in [2.45, 2.75) is 60.3 Å². The Morgan fingerprint density at radius 2 is 1.88 bits per heavy atom. The van der Waals surface area contributed by atoms with E-state index in [4.69, 9.17) is 0 Å². The first kappa shape index (κ1) is 15.2. The zero-order chi connectivity index (χ0) is 12.4. The maximum absolute atomic E-state index is 2.29. The van der Waals surface area contributed by atoms with Crippen LogP contribution in [0.3, 0.4) is 0 Å². The Balaban J connectivity index is 3.90. The van der Waals surface area contributed by atoms with E-state index in [0.29, 0.717) is 0 Å². The van der Waals surface area contributed by atoms with Crippen molar-refractivity contribution in [2.75, 3.05) is 0 Å². The SMILES string of the molecule is CCC=C(C)C=CC=C(C)CCCC(C)C. The van der Waals surface area contributed by atoms with Crippen LogP contribution in [0.25, 0.3) is 0 Å². The molecule has 0 aromatic rings. The lowest BCUT2D eigenvalue weighted by Gasteiger charge is -2.03. The predicted octanol–water partition coefficient (Wildman–Crippen LogP) is 5.67. The minimum Gasteiger partial charge on any atom is -0.0819 e. The summed E-state index contributed by atoms with van der Waals surface area (Å²) in [4.78, 5) is 0. The molecule has 0 aliphatic carbocycles. The van der Waals surface area contributed by atoms with E-state index in [0.717, 1.165) is 12.3 Å². The van der Waals surface area contributed by atoms with Gasteiger partial charge in [0, 0.05) is 0 Å². The van der Waals surface area contributed by atoms with Crippen molar-refractivity contribution in [3.05, 3.63) is 35.5 Å². The molecule has 0 rings (SSSR count). The van der Waals surface area contributed by atoms with E-state index in [1.807, 2.05) is 0 Å². The van der Waals surface area contributed by atoms with Gasteiger partial charge >= 0.3 is 0 Å². The second-order valence-electron chi connectivity index (χ2n) is 5.01. The molecule has 0 fully saturated rings. The molecule has 0 amide bonds. The number of allylic oxidation sites excluding steroid dienone is 6. The minimum atomic E-state index is 0.832. The molecule has 0 radical (unpaired) electrons. The molecule has 0 spiro atoms. The van der Waals surface area contributed by atoms with Crippen LogP contribution in [0.15, 0.2) is 35.5 Å². The number of hydrogen-bond donors (Lipinski definition) is 0. The Labute approximate surface area is 102 Å². The second kappa shape index (κ2) is 9.45. The average Bonchev–Trinajstić information content (AvgIpc) is 2.17. The molecule has 0 aliphatic heterocycles. The Kier molecular flexibility index (Phi) is 8.99. The summed E-state index contributed by atoms with van der Waals surface area (Å²) in [5.74, 6) is 0.832. The first-order valence-electron chi connectivity index (χ1n) is 6.56. The summed E-state index contributed by atoms with van der Waals surface area (Å²) in [5.41, 5.74) is 2.84. The molecule has 0 heterocycles. The Hall–Kier alpha value is -0.780. The van der Waals surface area contributed by atoms with Crippen molar-refractivity contribution in [1.29, 1.82) is 0 Å². The van der Waals surface area contributed by atoms with E-state index in [1.54, 1.807) is 0 Å². The molecular weight excluding hydrogens is 192 g/mol. The summed E-state index contributed by atoms with van der Waals surface area (Å²) in [5, 5.41) is 0. The van der Waals surface area contributed by atoms with Gasteiger partial charge in [-0.05, 0) is 39.0 Å². The first-order valence-corrected chi connectivity index (χ1v) is 6.56. The van der Waals surface area contributed by atoms with Crippen LogP contribution in [0.5, 0.6) is 0 Å². The van der Waals surface area contributed by atoms with Crippen molar-refractivity contribution in [3.63, 3.8) is 0 Å². The molecule has 0 N–H and O–H groups in total. The Morgan fingerprint density at radius 1 is 1.19 bits per heavy atom. The highest BCUT2D eigenvalue weighted by molar-refractivity contribution is 5.21. The van der Waals surface area contributed by atoms with Crippen LogP contribution < -0.4 is 0 Å². The third-order valence-corrected chi connectivity index (χ3v) is 2.62. The van der Waals surface area contributed by atoms with Crippen LogP contribution in [-0.2, 0) is 0 Å². The van der Waals surface area contributed by atoms with Gasteiger partial charge in [0.2, 0.25) is 0 Å². The predicted molar refractivity (Wildman–Crippen MR) is 75.6 cm³/mol. The summed E-state index contributed by atoms with van der Waals surface area (Å²) in [6.07, 6.45) is 13.9. The van der Waals surface area contributed by atoms with Crippen LogP contribution in [0, 0.1) is 5.92 Å². The lowest BCUT2D eigenvalue weighted by Crippen LogP contribution is -1.87. The standard InChI is InChI=1S/C16H28/c1-6-9-15(4)12-8-13-16(5)11-7-10-14(2)3/h8-9,12-14H,6-7,10-11H2,1-5H3. The maximum Gasteiger partial charge on any atom is -0.0320 e. The van der Waals surface area contributed by atoms with Crippen molar-refractivity contribution in [3.8, 4) is 0 Å². The molecule has 0 atom stereocenters. The van der Waals surface area contributed by atoms with Gasteiger partial charge in [0.1, 0.15) is 0 Å². The van der Waals surface area contributed by atoms with Crippen molar-refractivity contribution < 1.29 is 0 Å². The molecule has 0 aromatic heterocycles. The van der Waals surface area contributed by atoms with E-state index in [-0.39, 0.29) is 0 Å². The van der Waals surface area contributed by atoms with Crippen LogP contribution in [-0.4, -0.2) is 0 Å². The van der Waals surface area contributed by atoms with Crippen molar-refractivity contribution in [2.24, 2.45) is 5.92 Å². The molecule has 0 bridgehead atoms. The highest BCUT2D eigenvalue weighted by Crippen LogP contribution is 2.11. The van der Waals surface area contributed by atoms with Gasteiger partial charge in [-0.2, -0.15) is 0 Å². The summed E-state index contributed by atoms with van der Waals surface area (Å²) < 4.78 is 0. The fourth-order valence-corrected chi connectivity index (χ4v) is 1.63. The molecule has 0 nitrogen and oxygen atoms in total. The highest BCUT2D eigenvalue weighted by Gasteiger charge is 1.94. The van der Waals surface area contributed by atoms with E-state index in [9.17, 15) is 0 Å². The molecule has 92 valence electrons. The fourth-order valence-electron chi connectivity index (χ4n) is 1.63. The lowest BCUT2D eigenvalue weighted by atomic mass is 10.0. The molecule has 0 aliphatic rings. The van der Waals surface area contributed by atoms with Gasteiger partial charge in [-0.15, -0.1) is 0 Å². The van der Waals surface area contributed by atoms with E-state index in [2.05, 4.69) is 58.9 Å². The highest BCUT2D eigenvalue weighted by atomic mass is 14.0. The monoisotopic (exact) mass is 220 g/mol. The third-order valence-electron chi connectivity index (χ3n) is 2.62. The smallest absolute Gasteiger partial charge is 0.0320 e. The molecule has 0 saturated carbocycles. The van der Waals surface area contributed by atoms with Gasteiger partial charge in [-0.1, -0.05) is 62.6 Å². The number of rotatable bonds is 7. The molecular formula is C16H28. The Bertz CT molecular complexity index is 251. The fraction of sp³-hybridized carbons (Fsp3) is 0.625.